The van der Waals surface area contributed by atoms with Crippen LogP contribution in [-0.4, -0.2) is 53.2 Å². The highest BCUT2D eigenvalue weighted by Gasteiger charge is 2.43. The molecule has 1 aromatic carbocycles. The van der Waals surface area contributed by atoms with Crippen molar-refractivity contribution < 1.29 is 13.3 Å². The predicted molar refractivity (Wildman–Crippen MR) is 70.2 cm³/mol. The molecule has 3 aliphatic heterocycles. The molecule has 4 rings (SSSR count). The molecule has 98 valence electrons. The lowest BCUT2D eigenvalue weighted by atomic mass is 10.2. The van der Waals surface area contributed by atoms with E-state index in [2.05, 4.69) is 17.0 Å². The van der Waals surface area contributed by atoms with E-state index in [1.54, 1.807) is 0 Å². The fraction of sp³-hybridized carbons (Fsp3) is 0.538. The summed E-state index contributed by atoms with van der Waals surface area (Å²) in [5.41, 5.74) is 1.24. The van der Waals surface area contributed by atoms with Crippen LogP contribution in [0.2, 0.25) is 0 Å². The minimum absolute atomic E-state index is 0.721. The first-order valence-electron chi connectivity index (χ1n) is 6.54. The smallest absolute Gasteiger partial charge is 0.372 e. The molecule has 0 aliphatic carbocycles. The van der Waals surface area contributed by atoms with E-state index in [0.29, 0.717) is 0 Å². The summed E-state index contributed by atoms with van der Waals surface area (Å²) in [4.78, 5) is 2.33. The van der Waals surface area contributed by atoms with Gasteiger partial charge < -0.3 is 13.3 Å². The van der Waals surface area contributed by atoms with Crippen LogP contribution in [0.4, 0.5) is 0 Å². The van der Waals surface area contributed by atoms with Gasteiger partial charge in [-0.25, -0.2) is 0 Å². The summed E-state index contributed by atoms with van der Waals surface area (Å²) in [5, 5.41) is 0. The summed E-state index contributed by atoms with van der Waals surface area (Å²) in [6.07, 6.45) is 0. The largest absolute Gasteiger partial charge is 0.505 e. The molecule has 4 nitrogen and oxygen atoms in total. The van der Waals surface area contributed by atoms with Gasteiger partial charge in [-0.1, -0.05) is 30.3 Å². The third-order valence-electron chi connectivity index (χ3n) is 3.45. The van der Waals surface area contributed by atoms with Crippen LogP contribution < -0.4 is 0 Å². The lowest BCUT2D eigenvalue weighted by Crippen LogP contribution is -2.56. The maximum absolute atomic E-state index is 6.00. The Bertz CT molecular complexity index is 361. The molecule has 0 unspecified atom stereocenters. The van der Waals surface area contributed by atoms with Gasteiger partial charge in [-0.3, -0.25) is 4.90 Å². The van der Waals surface area contributed by atoms with E-state index < -0.39 is 8.80 Å². The summed E-state index contributed by atoms with van der Waals surface area (Å²) in [6, 6.07) is 11.1. The zero-order chi connectivity index (χ0) is 12.3. The maximum Gasteiger partial charge on any atom is 0.505 e. The quantitative estimate of drug-likeness (QED) is 0.749. The Morgan fingerprint density at radius 2 is 1.44 bits per heavy atom. The summed E-state index contributed by atoms with van der Waals surface area (Å²) in [5.74, 6) is 0. The number of fused-ring (bicyclic) bond motifs is 6. The Labute approximate surface area is 109 Å². The first-order valence-corrected chi connectivity index (χ1v) is 8.48. The van der Waals surface area contributed by atoms with Gasteiger partial charge in [0.05, 0.1) is 19.8 Å². The predicted octanol–water partition coefficient (Wildman–Crippen LogP) is 1.09. The van der Waals surface area contributed by atoms with Gasteiger partial charge in [0.2, 0.25) is 0 Å². The van der Waals surface area contributed by atoms with Crippen LogP contribution in [0.25, 0.3) is 0 Å². The van der Waals surface area contributed by atoms with Gasteiger partial charge >= 0.3 is 8.80 Å². The Kier molecular flexibility index (Phi) is 3.76. The van der Waals surface area contributed by atoms with E-state index in [1.807, 2.05) is 18.2 Å². The highest BCUT2D eigenvalue weighted by atomic mass is 28.4. The number of rotatable bonds is 2. The molecule has 3 heterocycles. The second-order valence-electron chi connectivity index (χ2n) is 4.73. The van der Waals surface area contributed by atoms with Crippen LogP contribution in [-0.2, 0) is 19.3 Å². The summed E-state index contributed by atoms with van der Waals surface area (Å²) in [7, 11) is -2.49. The van der Waals surface area contributed by atoms with Gasteiger partial charge in [0.25, 0.3) is 0 Å². The van der Waals surface area contributed by atoms with Gasteiger partial charge in [-0.05, 0) is 5.56 Å². The highest BCUT2D eigenvalue weighted by Crippen LogP contribution is 2.20. The van der Waals surface area contributed by atoms with Crippen LogP contribution >= 0.6 is 0 Å². The van der Waals surface area contributed by atoms with Crippen LogP contribution in [0.3, 0.4) is 0 Å². The van der Waals surface area contributed by atoms with Gasteiger partial charge in [-0.2, -0.15) is 0 Å². The summed E-state index contributed by atoms with van der Waals surface area (Å²) < 4.78 is 18.0. The zero-order valence-electron chi connectivity index (χ0n) is 10.5. The molecule has 3 saturated heterocycles. The molecule has 0 N–H and O–H groups in total. The summed E-state index contributed by atoms with van der Waals surface area (Å²) >= 11 is 0. The topological polar surface area (TPSA) is 30.9 Å². The molecule has 0 amide bonds. The monoisotopic (exact) mass is 265 g/mol. The lowest BCUT2D eigenvalue weighted by Gasteiger charge is -2.38. The van der Waals surface area contributed by atoms with Gasteiger partial charge in [0.15, 0.2) is 0 Å². The van der Waals surface area contributed by atoms with E-state index in [9.17, 15) is 0 Å². The first kappa shape index (κ1) is 12.3. The fourth-order valence-electron chi connectivity index (χ4n) is 2.45. The molecule has 0 saturated carbocycles. The average Bonchev–Trinajstić information content (AvgIpc) is 2.32. The van der Waals surface area contributed by atoms with Crippen molar-refractivity contribution in [2.45, 2.75) is 6.04 Å². The van der Waals surface area contributed by atoms with Crippen molar-refractivity contribution in [3.8, 4) is 0 Å². The van der Waals surface area contributed by atoms with E-state index in [1.165, 1.54) is 5.56 Å². The molecule has 1 aromatic rings. The number of hydrogen-bond donors (Lipinski definition) is 0. The van der Waals surface area contributed by atoms with Crippen LogP contribution in [0.15, 0.2) is 30.3 Å². The summed E-state index contributed by atoms with van der Waals surface area (Å²) in [6.45, 7) is 5.15. The van der Waals surface area contributed by atoms with Crippen LogP contribution in [0, 0.1) is 0 Å². The first-order chi connectivity index (χ1) is 8.86. The molecule has 0 atom stereocenters. The minimum Gasteiger partial charge on any atom is -0.372 e. The average molecular weight is 265 g/mol. The molecule has 0 aromatic heterocycles. The van der Waals surface area contributed by atoms with Crippen molar-refractivity contribution in [1.29, 1.82) is 0 Å². The number of nitrogens with zero attached hydrogens (tertiary/aromatic N) is 1. The fourth-order valence-corrected chi connectivity index (χ4v) is 4.95. The molecule has 5 heteroatoms. The molecule has 0 radical (unpaired) electrons. The highest BCUT2D eigenvalue weighted by molar-refractivity contribution is 6.60. The number of hydrogen-bond acceptors (Lipinski definition) is 4. The second kappa shape index (κ2) is 5.50. The Balaban J connectivity index is 1.77. The Hall–Kier alpha value is -0.723. The van der Waals surface area contributed by atoms with Crippen LogP contribution in [0.1, 0.15) is 5.56 Å². The zero-order valence-corrected chi connectivity index (χ0v) is 11.5. The Morgan fingerprint density at radius 3 is 2.00 bits per heavy atom. The standard InChI is InChI=1S/C13H19NO3Si/c1-2-4-13(5-3-1)12-18-15-9-6-14(7-10-16-18)8-11-17-18/h1-5H,6-12H2. The van der Waals surface area contributed by atoms with Crippen molar-refractivity contribution in [1.82, 2.24) is 4.90 Å². The molecular formula is C13H19NO3Si. The lowest BCUT2D eigenvalue weighted by molar-refractivity contribution is -0.00897. The molecular weight excluding hydrogens is 246 g/mol. The molecule has 18 heavy (non-hydrogen) atoms. The van der Waals surface area contributed by atoms with Crippen molar-refractivity contribution >= 4 is 8.80 Å². The molecule has 3 fully saturated rings. The van der Waals surface area contributed by atoms with Crippen molar-refractivity contribution in [3.63, 3.8) is 0 Å². The van der Waals surface area contributed by atoms with Crippen molar-refractivity contribution in [2.75, 3.05) is 39.5 Å². The normalized spacial score (nSPS) is 32.6. The Morgan fingerprint density at radius 1 is 0.889 bits per heavy atom. The van der Waals surface area contributed by atoms with E-state index in [0.717, 1.165) is 45.5 Å². The third-order valence-corrected chi connectivity index (χ3v) is 6.23. The van der Waals surface area contributed by atoms with Crippen molar-refractivity contribution in [2.24, 2.45) is 0 Å². The molecule has 0 spiro atoms. The molecule has 3 aliphatic rings. The van der Waals surface area contributed by atoms with E-state index >= 15 is 0 Å². The second-order valence-corrected chi connectivity index (χ2v) is 7.32. The minimum atomic E-state index is -2.49. The third kappa shape index (κ3) is 2.81. The van der Waals surface area contributed by atoms with Gasteiger partial charge in [0, 0.05) is 25.7 Å². The maximum atomic E-state index is 6.00. The molecule has 2 bridgehead atoms. The van der Waals surface area contributed by atoms with Gasteiger partial charge in [-0.15, -0.1) is 0 Å². The van der Waals surface area contributed by atoms with Crippen molar-refractivity contribution in [3.05, 3.63) is 35.9 Å². The SMILES string of the molecule is c1ccc(C[Si]23OCCN(CCO2)CCO3)cc1. The van der Waals surface area contributed by atoms with Crippen LogP contribution in [0.5, 0.6) is 0 Å². The van der Waals surface area contributed by atoms with E-state index in [4.69, 9.17) is 13.3 Å². The van der Waals surface area contributed by atoms with Gasteiger partial charge in [0.1, 0.15) is 0 Å². The number of benzene rings is 1. The van der Waals surface area contributed by atoms with E-state index in [-0.39, 0.29) is 0 Å².